The molecule has 4 nitrogen and oxygen atoms in total. The quantitative estimate of drug-likeness (QED) is 0.641. The zero-order chi connectivity index (χ0) is 14.1. The van der Waals surface area contributed by atoms with Crippen molar-refractivity contribution in [3.8, 4) is 11.8 Å². The number of rotatable bonds is 5. The van der Waals surface area contributed by atoms with Gasteiger partial charge in [0.2, 0.25) is 5.91 Å². The first-order valence-electron chi connectivity index (χ1n) is 5.94. The Morgan fingerprint density at radius 1 is 1.53 bits per heavy atom. The van der Waals surface area contributed by atoms with Gasteiger partial charge in [-0.2, -0.15) is 0 Å². The van der Waals surface area contributed by atoms with Crippen LogP contribution >= 0.6 is 11.6 Å². The van der Waals surface area contributed by atoms with Crippen LogP contribution in [-0.2, 0) is 9.53 Å². The first kappa shape index (κ1) is 15.5. The van der Waals surface area contributed by atoms with E-state index >= 15 is 0 Å². The fourth-order valence-corrected chi connectivity index (χ4v) is 1.53. The van der Waals surface area contributed by atoms with Gasteiger partial charge in [0, 0.05) is 17.2 Å². The van der Waals surface area contributed by atoms with Crippen molar-refractivity contribution in [2.24, 2.45) is 0 Å². The Hall–Kier alpha value is -1.54. The fraction of sp³-hybridized carbons (Fsp3) is 0.357. The SMILES string of the molecule is CCCOCC(=O)Nc1cc(Cl)ccc1C#CCO. The number of amides is 1. The maximum absolute atomic E-state index is 11.6. The summed E-state index contributed by atoms with van der Waals surface area (Å²) in [5, 5.41) is 11.9. The molecule has 0 aliphatic rings. The van der Waals surface area contributed by atoms with Gasteiger partial charge in [0.15, 0.2) is 0 Å². The van der Waals surface area contributed by atoms with Gasteiger partial charge in [-0.15, -0.1) is 0 Å². The molecule has 0 fully saturated rings. The smallest absolute Gasteiger partial charge is 0.250 e. The second-order valence-electron chi connectivity index (χ2n) is 3.75. The lowest BCUT2D eigenvalue weighted by Gasteiger charge is -2.08. The summed E-state index contributed by atoms with van der Waals surface area (Å²) >= 11 is 5.88. The van der Waals surface area contributed by atoms with E-state index in [0.717, 1.165) is 6.42 Å². The van der Waals surface area contributed by atoms with Gasteiger partial charge < -0.3 is 15.2 Å². The number of halogens is 1. The van der Waals surface area contributed by atoms with Gasteiger partial charge in [0.05, 0.1) is 5.69 Å². The average molecular weight is 282 g/mol. The molecule has 1 amide bonds. The van der Waals surface area contributed by atoms with Gasteiger partial charge in [-0.05, 0) is 24.6 Å². The number of carbonyl (C=O) groups excluding carboxylic acids is 1. The topological polar surface area (TPSA) is 58.6 Å². The number of hydrogen-bond donors (Lipinski definition) is 2. The van der Waals surface area contributed by atoms with Gasteiger partial charge in [-0.3, -0.25) is 4.79 Å². The molecule has 0 unspecified atom stereocenters. The highest BCUT2D eigenvalue weighted by atomic mass is 35.5. The number of aliphatic hydroxyl groups is 1. The standard InChI is InChI=1S/C14H16ClNO3/c1-2-8-19-10-14(18)16-13-9-12(15)6-5-11(13)4-3-7-17/h5-6,9,17H,2,7-8,10H2,1H3,(H,16,18). The lowest BCUT2D eigenvalue weighted by Crippen LogP contribution is -2.19. The molecule has 0 aliphatic heterocycles. The second kappa shape index (κ2) is 8.54. The minimum atomic E-state index is -0.261. The summed E-state index contributed by atoms with van der Waals surface area (Å²) in [4.78, 5) is 11.6. The van der Waals surface area contributed by atoms with E-state index in [1.807, 2.05) is 6.92 Å². The van der Waals surface area contributed by atoms with Crippen LogP contribution in [-0.4, -0.2) is 30.8 Å². The third-order valence-electron chi connectivity index (χ3n) is 2.14. The molecule has 0 saturated carbocycles. The van der Waals surface area contributed by atoms with Crippen LogP contribution in [0.25, 0.3) is 0 Å². The van der Waals surface area contributed by atoms with Crippen LogP contribution in [0.2, 0.25) is 5.02 Å². The van der Waals surface area contributed by atoms with Crippen molar-refractivity contribution >= 4 is 23.2 Å². The van der Waals surface area contributed by atoms with Crippen molar-refractivity contribution in [3.05, 3.63) is 28.8 Å². The summed E-state index contributed by atoms with van der Waals surface area (Å²) in [7, 11) is 0. The minimum absolute atomic E-state index is 0.00672. The van der Waals surface area contributed by atoms with Gasteiger partial charge in [-0.25, -0.2) is 0 Å². The highest BCUT2D eigenvalue weighted by Crippen LogP contribution is 2.20. The molecule has 1 aromatic rings. The van der Waals surface area contributed by atoms with Crippen molar-refractivity contribution < 1.29 is 14.6 Å². The number of benzene rings is 1. The second-order valence-corrected chi connectivity index (χ2v) is 4.19. The monoisotopic (exact) mass is 281 g/mol. The summed E-state index contributed by atoms with van der Waals surface area (Å²) in [5.41, 5.74) is 1.11. The van der Waals surface area contributed by atoms with E-state index in [1.54, 1.807) is 18.2 Å². The molecule has 0 spiro atoms. The Labute approximate surface area is 117 Å². The Morgan fingerprint density at radius 2 is 2.32 bits per heavy atom. The first-order valence-corrected chi connectivity index (χ1v) is 6.32. The van der Waals surface area contributed by atoms with Crippen molar-refractivity contribution in [2.45, 2.75) is 13.3 Å². The Balaban J connectivity index is 2.75. The normalized spacial score (nSPS) is 9.63. The minimum Gasteiger partial charge on any atom is -0.384 e. The van der Waals surface area contributed by atoms with Crippen LogP contribution < -0.4 is 5.32 Å². The average Bonchev–Trinajstić information content (AvgIpc) is 2.38. The van der Waals surface area contributed by atoms with Crippen molar-refractivity contribution in [1.82, 2.24) is 0 Å². The van der Waals surface area contributed by atoms with E-state index in [9.17, 15) is 4.79 Å². The molecule has 2 N–H and O–H groups in total. The molecule has 19 heavy (non-hydrogen) atoms. The van der Waals surface area contributed by atoms with Crippen molar-refractivity contribution in [1.29, 1.82) is 0 Å². The third kappa shape index (κ3) is 5.75. The van der Waals surface area contributed by atoms with Crippen LogP contribution in [0, 0.1) is 11.8 Å². The van der Waals surface area contributed by atoms with E-state index in [4.69, 9.17) is 21.4 Å². The summed E-state index contributed by atoms with van der Waals surface area (Å²) in [6, 6.07) is 4.97. The molecule has 0 heterocycles. The molecule has 0 radical (unpaired) electrons. The zero-order valence-electron chi connectivity index (χ0n) is 10.7. The van der Waals surface area contributed by atoms with Gasteiger partial charge in [0.1, 0.15) is 13.2 Å². The summed E-state index contributed by atoms with van der Waals surface area (Å²) in [5.74, 6) is 5.02. The zero-order valence-corrected chi connectivity index (χ0v) is 11.5. The first-order chi connectivity index (χ1) is 9.17. The molecule has 5 heteroatoms. The molecule has 0 saturated heterocycles. The van der Waals surface area contributed by atoms with Gasteiger partial charge in [0.25, 0.3) is 0 Å². The molecule has 1 aromatic carbocycles. The van der Waals surface area contributed by atoms with E-state index in [2.05, 4.69) is 17.2 Å². The predicted octanol–water partition coefficient (Wildman–Crippen LogP) is 2.05. The Bertz CT molecular complexity index is 491. The molecule has 0 atom stereocenters. The summed E-state index contributed by atoms with van der Waals surface area (Å²) in [6.07, 6.45) is 0.859. The van der Waals surface area contributed by atoms with Crippen LogP contribution in [0.4, 0.5) is 5.69 Å². The van der Waals surface area contributed by atoms with E-state index in [-0.39, 0.29) is 19.1 Å². The molecule has 0 aliphatic carbocycles. The number of ether oxygens (including phenoxy) is 1. The predicted molar refractivity (Wildman–Crippen MR) is 75.2 cm³/mol. The number of aliphatic hydroxyl groups excluding tert-OH is 1. The highest BCUT2D eigenvalue weighted by molar-refractivity contribution is 6.31. The number of carbonyl (C=O) groups is 1. The largest absolute Gasteiger partial charge is 0.384 e. The van der Waals surface area contributed by atoms with E-state index < -0.39 is 0 Å². The maximum Gasteiger partial charge on any atom is 0.250 e. The Kier molecular flexibility index (Phi) is 6.98. The van der Waals surface area contributed by atoms with E-state index in [1.165, 1.54) is 0 Å². The van der Waals surface area contributed by atoms with Crippen LogP contribution in [0.3, 0.4) is 0 Å². The lowest BCUT2D eigenvalue weighted by molar-refractivity contribution is -0.120. The molecule has 102 valence electrons. The third-order valence-corrected chi connectivity index (χ3v) is 2.37. The lowest BCUT2D eigenvalue weighted by atomic mass is 10.2. The highest BCUT2D eigenvalue weighted by Gasteiger charge is 2.06. The van der Waals surface area contributed by atoms with Gasteiger partial charge >= 0.3 is 0 Å². The number of anilines is 1. The van der Waals surface area contributed by atoms with Crippen LogP contribution in [0.5, 0.6) is 0 Å². The van der Waals surface area contributed by atoms with Crippen molar-refractivity contribution in [2.75, 3.05) is 25.1 Å². The molecular weight excluding hydrogens is 266 g/mol. The number of nitrogens with one attached hydrogen (secondary N) is 1. The maximum atomic E-state index is 11.6. The Morgan fingerprint density at radius 3 is 3.00 bits per heavy atom. The molecule has 0 bridgehead atoms. The fourth-order valence-electron chi connectivity index (χ4n) is 1.36. The summed E-state index contributed by atoms with van der Waals surface area (Å²) in [6.45, 7) is 2.26. The van der Waals surface area contributed by atoms with Crippen molar-refractivity contribution in [3.63, 3.8) is 0 Å². The molecule has 0 aromatic heterocycles. The van der Waals surface area contributed by atoms with Gasteiger partial charge in [-0.1, -0.05) is 30.4 Å². The van der Waals surface area contributed by atoms with Crippen LogP contribution in [0.15, 0.2) is 18.2 Å². The molecular formula is C14H16ClNO3. The van der Waals surface area contributed by atoms with Crippen LogP contribution in [0.1, 0.15) is 18.9 Å². The van der Waals surface area contributed by atoms with E-state index in [0.29, 0.717) is 22.9 Å². The summed E-state index contributed by atoms with van der Waals surface area (Å²) < 4.78 is 5.15. The molecule has 1 rings (SSSR count). The number of hydrogen-bond acceptors (Lipinski definition) is 3.